The number of anilines is 1. The van der Waals surface area contributed by atoms with Crippen LogP contribution in [0.25, 0.3) is 0 Å². The van der Waals surface area contributed by atoms with E-state index >= 15 is 0 Å². The number of hydrogen-bond donors (Lipinski definition) is 1. The second kappa shape index (κ2) is 10.2. The molecule has 1 fully saturated rings. The topological polar surface area (TPSA) is 102 Å². The van der Waals surface area contributed by atoms with Crippen LogP contribution < -0.4 is 5.32 Å². The fraction of sp³-hybridized carbons (Fsp3) is 0.579. The third kappa shape index (κ3) is 5.79. The summed E-state index contributed by atoms with van der Waals surface area (Å²) in [5.41, 5.74) is 1.06. The Balaban J connectivity index is 1.90. The molecule has 0 atom stereocenters. The first-order valence-electron chi connectivity index (χ1n) is 9.33. The van der Waals surface area contributed by atoms with E-state index in [1.807, 2.05) is 6.92 Å². The molecule has 0 aromatic carbocycles. The van der Waals surface area contributed by atoms with Crippen molar-refractivity contribution in [1.29, 1.82) is 0 Å². The van der Waals surface area contributed by atoms with Gasteiger partial charge < -0.3 is 19.7 Å². The van der Waals surface area contributed by atoms with Gasteiger partial charge in [0, 0.05) is 17.8 Å². The Kier molecular flexibility index (Phi) is 7.98. The predicted molar refractivity (Wildman–Crippen MR) is 104 cm³/mol. The summed E-state index contributed by atoms with van der Waals surface area (Å²) in [5, 5.41) is 2.98. The first-order chi connectivity index (χ1) is 13.3. The number of likely N-dealkylation sites (tertiary alicyclic amines) is 1. The van der Waals surface area contributed by atoms with Crippen molar-refractivity contribution in [2.24, 2.45) is 0 Å². The second-order valence-corrected chi connectivity index (χ2v) is 7.77. The first-order valence-corrected chi connectivity index (χ1v) is 10.2. The van der Waals surface area contributed by atoms with Crippen LogP contribution in [0, 0.1) is 13.8 Å². The molecule has 1 N–H and O–H groups in total. The van der Waals surface area contributed by atoms with Gasteiger partial charge in [-0.3, -0.25) is 14.4 Å². The van der Waals surface area contributed by atoms with Crippen LogP contribution in [0.5, 0.6) is 0 Å². The van der Waals surface area contributed by atoms with Gasteiger partial charge in [0.15, 0.2) is 6.61 Å². The Morgan fingerprint density at radius 3 is 2.61 bits per heavy atom. The number of hydrogen-bond acceptors (Lipinski definition) is 7. The third-order valence-electron chi connectivity index (χ3n) is 4.47. The summed E-state index contributed by atoms with van der Waals surface area (Å²) in [5.74, 6) is -1.75. The smallest absolute Gasteiger partial charge is 0.341 e. The summed E-state index contributed by atoms with van der Waals surface area (Å²) in [4.78, 5) is 50.6. The maximum atomic E-state index is 12.2. The van der Waals surface area contributed by atoms with E-state index in [0.717, 1.165) is 29.7 Å². The van der Waals surface area contributed by atoms with Gasteiger partial charge >= 0.3 is 11.9 Å². The SMILES string of the molecule is CCOC(=O)c1c(NC(=O)COC(=O)CN2CCCCCC2=O)sc(C)c1C. The van der Waals surface area contributed by atoms with Crippen LogP contribution in [0.15, 0.2) is 0 Å². The molecule has 28 heavy (non-hydrogen) atoms. The lowest BCUT2D eigenvalue weighted by molar-refractivity contribution is -0.151. The zero-order valence-electron chi connectivity index (χ0n) is 16.5. The minimum absolute atomic E-state index is 0.0671. The molecule has 1 aromatic heterocycles. The summed E-state index contributed by atoms with van der Waals surface area (Å²) >= 11 is 1.26. The van der Waals surface area contributed by atoms with Crippen LogP contribution in [-0.2, 0) is 23.9 Å². The number of nitrogens with zero attached hydrogens (tertiary/aromatic N) is 1. The van der Waals surface area contributed by atoms with Gasteiger partial charge in [-0.05, 0) is 39.2 Å². The summed E-state index contributed by atoms with van der Waals surface area (Å²) in [6, 6.07) is 0. The average Bonchev–Trinajstić information content (AvgIpc) is 2.78. The fourth-order valence-electron chi connectivity index (χ4n) is 2.88. The Morgan fingerprint density at radius 1 is 1.14 bits per heavy atom. The molecular weight excluding hydrogens is 384 g/mol. The number of amides is 2. The molecule has 1 saturated heterocycles. The van der Waals surface area contributed by atoms with Crippen molar-refractivity contribution in [1.82, 2.24) is 4.90 Å². The average molecular weight is 410 g/mol. The Bertz CT molecular complexity index is 758. The molecule has 0 spiro atoms. The van der Waals surface area contributed by atoms with Gasteiger partial charge in [0.05, 0.1) is 12.2 Å². The molecule has 2 rings (SSSR count). The van der Waals surface area contributed by atoms with E-state index in [0.29, 0.717) is 23.5 Å². The molecule has 0 aliphatic carbocycles. The van der Waals surface area contributed by atoms with E-state index in [9.17, 15) is 19.2 Å². The normalized spacial score (nSPS) is 14.4. The standard InChI is InChI=1S/C19H26N2O6S/c1-4-26-19(25)17-12(2)13(3)28-18(17)20-14(22)11-27-16(24)10-21-9-7-5-6-8-15(21)23/h4-11H2,1-3H3,(H,20,22). The van der Waals surface area contributed by atoms with E-state index in [4.69, 9.17) is 9.47 Å². The third-order valence-corrected chi connectivity index (χ3v) is 5.60. The van der Waals surface area contributed by atoms with Crippen molar-refractivity contribution in [2.75, 3.05) is 31.6 Å². The number of carbonyl (C=O) groups excluding carboxylic acids is 4. The zero-order valence-corrected chi connectivity index (χ0v) is 17.3. The van der Waals surface area contributed by atoms with Crippen LogP contribution in [-0.4, -0.2) is 55.0 Å². The molecule has 1 aliphatic rings. The van der Waals surface area contributed by atoms with E-state index in [1.165, 1.54) is 16.2 Å². The number of nitrogens with one attached hydrogen (secondary N) is 1. The number of esters is 2. The number of thiophene rings is 1. The fourth-order valence-corrected chi connectivity index (χ4v) is 3.94. The van der Waals surface area contributed by atoms with Gasteiger partial charge in [-0.1, -0.05) is 6.42 Å². The first kappa shape index (κ1) is 21.9. The summed E-state index contributed by atoms with van der Waals surface area (Å²) in [6.45, 7) is 5.45. The number of rotatable bonds is 7. The molecule has 2 amide bonds. The lowest BCUT2D eigenvalue weighted by Crippen LogP contribution is -2.36. The minimum atomic E-state index is -0.630. The summed E-state index contributed by atoms with van der Waals surface area (Å²) < 4.78 is 10.0. The van der Waals surface area contributed by atoms with E-state index in [2.05, 4.69) is 5.32 Å². The van der Waals surface area contributed by atoms with Gasteiger partial charge in [0.1, 0.15) is 11.5 Å². The quantitative estimate of drug-likeness (QED) is 0.693. The minimum Gasteiger partial charge on any atom is -0.462 e. The van der Waals surface area contributed by atoms with Crippen molar-refractivity contribution in [2.45, 2.75) is 46.5 Å². The highest BCUT2D eigenvalue weighted by Gasteiger charge is 2.23. The molecule has 0 radical (unpaired) electrons. The second-order valence-electron chi connectivity index (χ2n) is 6.54. The number of ether oxygens (including phenoxy) is 2. The van der Waals surface area contributed by atoms with Gasteiger partial charge in [0.2, 0.25) is 5.91 Å². The monoisotopic (exact) mass is 410 g/mol. The maximum absolute atomic E-state index is 12.2. The van der Waals surface area contributed by atoms with E-state index < -0.39 is 24.5 Å². The highest BCUT2D eigenvalue weighted by molar-refractivity contribution is 7.16. The van der Waals surface area contributed by atoms with Crippen molar-refractivity contribution >= 4 is 40.1 Å². The molecule has 0 unspecified atom stereocenters. The predicted octanol–water partition coefficient (Wildman–Crippen LogP) is 2.43. The Morgan fingerprint density at radius 2 is 1.89 bits per heavy atom. The molecule has 0 saturated carbocycles. The molecule has 1 aliphatic heterocycles. The molecule has 2 heterocycles. The van der Waals surface area contributed by atoms with Crippen LogP contribution in [0.2, 0.25) is 0 Å². The number of aryl methyl sites for hydroxylation is 1. The lowest BCUT2D eigenvalue weighted by atomic mass is 10.1. The van der Waals surface area contributed by atoms with Gasteiger partial charge in [-0.25, -0.2) is 4.79 Å². The van der Waals surface area contributed by atoms with Gasteiger partial charge in [-0.15, -0.1) is 11.3 Å². The van der Waals surface area contributed by atoms with Crippen LogP contribution in [0.3, 0.4) is 0 Å². The van der Waals surface area contributed by atoms with Gasteiger partial charge in [-0.2, -0.15) is 0 Å². The largest absolute Gasteiger partial charge is 0.462 e. The summed E-state index contributed by atoms with van der Waals surface area (Å²) in [7, 11) is 0. The number of carbonyl (C=O) groups is 4. The van der Waals surface area contributed by atoms with E-state index in [1.54, 1.807) is 13.8 Å². The maximum Gasteiger partial charge on any atom is 0.341 e. The molecule has 154 valence electrons. The highest BCUT2D eigenvalue weighted by atomic mass is 32.1. The Hall–Kier alpha value is -2.42. The zero-order chi connectivity index (χ0) is 20.7. The Labute approximate surface area is 168 Å². The molecular formula is C19H26N2O6S. The van der Waals surface area contributed by atoms with Crippen molar-refractivity contribution in [3.05, 3.63) is 16.0 Å². The van der Waals surface area contributed by atoms with Crippen molar-refractivity contribution in [3.63, 3.8) is 0 Å². The molecule has 0 bridgehead atoms. The van der Waals surface area contributed by atoms with Crippen LogP contribution in [0.4, 0.5) is 5.00 Å². The van der Waals surface area contributed by atoms with Gasteiger partial charge in [0.25, 0.3) is 5.91 Å². The molecule has 9 heteroatoms. The van der Waals surface area contributed by atoms with E-state index in [-0.39, 0.29) is 19.1 Å². The van der Waals surface area contributed by atoms with Crippen LogP contribution >= 0.6 is 11.3 Å². The van der Waals surface area contributed by atoms with Crippen molar-refractivity contribution < 1.29 is 28.7 Å². The lowest BCUT2D eigenvalue weighted by Gasteiger charge is -2.19. The van der Waals surface area contributed by atoms with Crippen molar-refractivity contribution in [3.8, 4) is 0 Å². The highest BCUT2D eigenvalue weighted by Crippen LogP contribution is 2.33. The molecule has 1 aromatic rings. The van der Waals surface area contributed by atoms with Crippen LogP contribution in [0.1, 0.15) is 53.4 Å². The summed E-state index contributed by atoms with van der Waals surface area (Å²) in [6.07, 6.45) is 3.08. The molecule has 8 nitrogen and oxygen atoms in total.